The van der Waals surface area contributed by atoms with Crippen LogP contribution in [0.2, 0.25) is 0 Å². The van der Waals surface area contributed by atoms with Gasteiger partial charge in [-0.15, -0.1) is 11.3 Å². The van der Waals surface area contributed by atoms with Gasteiger partial charge in [-0.25, -0.2) is 0 Å². The fourth-order valence-corrected chi connectivity index (χ4v) is 5.13. The molecule has 0 spiro atoms. The molecule has 9 heteroatoms. The quantitative estimate of drug-likeness (QED) is 0.507. The van der Waals surface area contributed by atoms with Crippen molar-refractivity contribution in [3.63, 3.8) is 0 Å². The number of fused-ring (bicyclic) bond motifs is 3. The average Bonchev–Trinajstić information content (AvgIpc) is 2.92. The van der Waals surface area contributed by atoms with E-state index >= 15 is 0 Å². The van der Waals surface area contributed by atoms with Crippen molar-refractivity contribution in [3.05, 3.63) is 54.4 Å². The molecule has 1 amide bonds. The number of rotatable bonds is 2. The van der Waals surface area contributed by atoms with Crippen LogP contribution in [0.3, 0.4) is 0 Å². The molecule has 2 aromatic rings. The van der Waals surface area contributed by atoms with E-state index in [-0.39, 0.29) is 11.6 Å². The molecule has 130 valence electrons. The van der Waals surface area contributed by atoms with Crippen LogP contribution in [0.4, 0.5) is 10.7 Å². The van der Waals surface area contributed by atoms with Gasteiger partial charge in [-0.05, 0) is 27.6 Å². The lowest BCUT2D eigenvalue weighted by molar-refractivity contribution is -0.895. The van der Waals surface area contributed by atoms with Crippen LogP contribution in [0.25, 0.3) is 0 Å². The van der Waals surface area contributed by atoms with Crippen molar-refractivity contribution < 1.29 is 14.6 Å². The Kier molecular flexibility index (Phi) is 4.01. The number of hydrogen-bond donors (Lipinski definition) is 3. The molecule has 0 aliphatic carbocycles. The minimum atomic E-state index is -0.475. The summed E-state index contributed by atoms with van der Waals surface area (Å²) in [5.74, 6) is -0.110. The summed E-state index contributed by atoms with van der Waals surface area (Å²) in [7, 11) is 2.15. The summed E-state index contributed by atoms with van der Waals surface area (Å²) in [6.45, 7) is 1.95. The van der Waals surface area contributed by atoms with E-state index in [1.165, 1.54) is 15.8 Å². The molecular weight excluding hydrogens is 408 g/mol. The van der Waals surface area contributed by atoms with Crippen LogP contribution in [0, 0.1) is 10.1 Å². The van der Waals surface area contributed by atoms with Crippen LogP contribution < -0.4 is 15.5 Å². The smallest absolute Gasteiger partial charge is 0.283 e. The van der Waals surface area contributed by atoms with Crippen LogP contribution in [0.1, 0.15) is 32.5 Å². The van der Waals surface area contributed by atoms with Gasteiger partial charge in [-0.3, -0.25) is 14.9 Å². The van der Waals surface area contributed by atoms with E-state index < -0.39 is 11.1 Å². The highest BCUT2D eigenvalue weighted by Crippen LogP contribution is 2.39. The molecule has 0 fully saturated rings. The molecule has 2 aliphatic rings. The molecule has 1 aromatic heterocycles. The molecule has 4 rings (SSSR count). The van der Waals surface area contributed by atoms with E-state index in [0.717, 1.165) is 35.6 Å². The molecule has 3 N–H and O–H groups in total. The van der Waals surface area contributed by atoms with Gasteiger partial charge in [0.1, 0.15) is 17.7 Å². The second-order valence-electron chi connectivity index (χ2n) is 6.36. The number of carbonyl (C=O) groups is 1. The van der Waals surface area contributed by atoms with Crippen molar-refractivity contribution in [2.75, 3.05) is 18.9 Å². The molecule has 0 saturated carbocycles. The molecule has 1 unspecified atom stereocenters. The number of halogens is 1. The van der Waals surface area contributed by atoms with Crippen molar-refractivity contribution in [3.8, 4) is 0 Å². The lowest BCUT2D eigenvalue weighted by atomic mass is 10.0. The summed E-state index contributed by atoms with van der Waals surface area (Å²) in [5, 5.41) is 18.3. The normalized spacial score (nSPS) is 21.8. The van der Waals surface area contributed by atoms with Crippen LogP contribution >= 0.6 is 27.3 Å². The van der Waals surface area contributed by atoms with Crippen LogP contribution in [-0.2, 0) is 13.0 Å². The zero-order valence-electron chi connectivity index (χ0n) is 13.4. The Morgan fingerprint density at radius 3 is 2.96 bits per heavy atom. The van der Waals surface area contributed by atoms with Crippen molar-refractivity contribution in [1.82, 2.24) is 5.32 Å². The third-order valence-corrected chi connectivity index (χ3v) is 6.47. The summed E-state index contributed by atoms with van der Waals surface area (Å²) in [6, 6.07) is 4.89. The number of amides is 1. The van der Waals surface area contributed by atoms with Gasteiger partial charge >= 0.3 is 0 Å². The first-order chi connectivity index (χ1) is 11.9. The van der Waals surface area contributed by atoms with Gasteiger partial charge in [0.15, 0.2) is 0 Å². The Morgan fingerprint density at radius 2 is 2.20 bits per heavy atom. The number of quaternary nitrogens is 1. The van der Waals surface area contributed by atoms with E-state index in [1.807, 2.05) is 0 Å². The number of hydrogen-bond acceptors (Lipinski definition) is 5. The second kappa shape index (κ2) is 6.08. The van der Waals surface area contributed by atoms with Crippen molar-refractivity contribution in [2.45, 2.75) is 19.1 Å². The first kappa shape index (κ1) is 16.5. The monoisotopic (exact) mass is 423 g/mol. The van der Waals surface area contributed by atoms with Gasteiger partial charge in [-0.2, -0.15) is 0 Å². The summed E-state index contributed by atoms with van der Waals surface area (Å²) in [5.41, 5.74) is 2.53. The maximum absolute atomic E-state index is 12.7. The predicted octanol–water partition coefficient (Wildman–Crippen LogP) is 1.84. The van der Waals surface area contributed by atoms with Gasteiger partial charge in [0.25, 0.3) is 11.6 Å². The first-order valence-electron chi connectivity index (χ1n) is 7.91. The minimum Gasteiger partial charge on any atom is -0.353 e. The Balaban J connectivity index is 1.69. The van der Waals surface area contributed by atoms with Crippen LogP contribution in [0.15, 0.2) is 22.7 Å². The highest BCUT2D eigenvalue weighted by molar-refractivity contribution is 9.10. The SMILES string of the molecule is C[NH+]1CCc2c(sc3c2C(=O)N[C@@H](c2ccc(Br)c([N+](=O)[O-])c2)N3)C1. The Morgan fingerprint density at radius 1 is 1.40 bits per heavy atom. The van der Waals surface area contributed by atoms with E-state index in [9.17, 15) is 14.9 Å². The first-order valence-corrected chi connectivity index (χ1v) is 9.52. The number of thiophene rings is 1. The summed E-state index contributed by atoms with van der Waals surface area (Å²) < 4.78 is 0.418. The number of benzene rings is 1. The molecule has 2 aliphatic heterocycles. The Hall–Kier alpha value is -1.97. The van der Waals surface area contributed by atoms with Gasteiger partial charge in [0.2, 0.25) is 0 Å². The summed E-state index contributed by atoms with van der Waals surface area (Å²) in [6.07, 6.45) is 0.424. The number of nitrogens with one attached hydrogen (secondary N) is 3. The minimum absolute atomic E-state index is 0.0185. The van der Waals surface area contributed by atoms with E-state index in [4.69, 9.17) is 0 Å². The van der Waals surface area contributed by atoms with Crippen molar-refractivity contribution in [1.29, 1.82) is 0 Å². The van der Waals surface area contributed by atoms with Gasteiger partial charge in [-0.1, -0.05) is 6.07 Å². The standard InChI is InChI=1S/C16H15BrN4O3S/c1-20-5-4-9-12(7-20)25-16-13(9)15(22)18-14(19-16)8-2-3-10(17)11(6-8)21(23)24/h2-3,6,14,19H,4-5,7H2,1H3,(H,18,22)/p+1/t14-/m1/s1. The van der Waals surface area contributed by atoms with E-state index in [2.05, 4.69) is 33.6 Å². The number of nitrogens with zero attached hydrogens (tertiary/aromatic N) is 1. The third kappa shape index (κ3) is 2.82. The molecular formula is C16H16BrN4O3S+. The number of likely N-dealkylation sites (N-methyl/N-ethyl adjacent to an activating group) is 1. The summed E-state index contributed by atoms with van der Waals surface area (Å²) >= 11 is 4.81. The zero-order chi connectivity index (χ0) is 17.7. The average molecular weight is 424 g/mol. The predicted molar refractivity (Wildman–Crippen MR) is 98.1 cm³/mol. The molecule has 3 heterocycles. The molecule has 0 saturated heterocycles. The molecule has 2 atom stereocenters. The van der Waals surface area contributed by atoms with Gasteiger partial charge < -0.3 is 15.5 Å². The fraction of sp³-hybridized carbons (Fsp3) is 0.312. The van der Waals surface area contributed by atoms with Gasteiger partial charge in [0.05, 0.1) is 33.4 Å². The zero-order valence-corrected chi connectivity index (χ0v) is 15.8. The highest BCUT2D eigenvalue weighted by Gasteiger charge is 2.34. The molecule has 0 radical (unpaired) electrons. The maximum Gasteiger partial charge on any atom is 0.283 e. The number of nitro benzene ring substituents is 1. The van der Waals surface area contributed by atoms with E-state index in [1.54, 1.807) is 23.5 Å². The Bertz CT molecular complexity index is 898. The van der Waals surface area contributed by atoms with Crippen LogP contribution in [-0.4, -0.2) is 24.4 Å². The maximum atomic E-state index is 12.7. The summed E-state index contributed by atoms with van der Waals surface area (Å²) in [4.78, 5) is 26.1. The molecule has 0 bridgehead atoms. The number of carbonyl (C=O) groups excluding carboxylic acids is 1. The van der Waals surface area contributed by atoms with Gasteiger partial charge in [0, 0.05) is 18.1 Å². The Labute approximate surface area is 156 Å². The third-order valence-electron chi connectivity index (χ3n) is 4.63. The number of nitro groups is 1. The highest BCUT2D eigenvalue weighted by atomic mass is 79.9. The number of anilines is 1. The lowest BCUT2D eigenvalue weighted by Crippen LogP contribution is -3.08. The topological polar surface area (TPSA) is 88.7 Å². The lowest BCUT2D eigenvalue weighted by Gasteiger charge is -2.27. The van der Waals surface area contributed by atoms with Crippen molar-refractivity contribution in [2.24, 2.45) is 0 Å². The molecule has 1 aromatic carbocycles. The van der Waals surface area contributed by atoms with E-state index in [0.29, 0.717) is 10.0 Å². The molecule has 7 nitrogen and oxygen atoms in total. The van der Waals surface area contributed by atoms with Crippen LogP contribution in [0.5, 0.6) is 0 Å². The largest absolute Gasteiger partial charge is 0.353 e. The fourth-order valence-electron chi connectivity index (χ4n) is 3.35. The second-order valence-corrected chi connectivity index (χ2v) is 8.32. The molecule has 25 heavy (non-hydrogen) atoms. The van der Waals surface area contributed by atoms with Crippen molar-refractivity contribution >= 4 is 43.9 Å².